The first kappa shape index (κ1) is 12.7. The van der Waals surface area contributed by atoms with Gasteiger partial charge in [0.25, 0.3) is 0 Å². The average Bonchev–Trinajstić information content (AvgIpc) is 2.81. The highest BCUT2D eigenvalue weighted by Gasteiger charge is 2.33. The Hall–Kier alpha value is -1.75. The monoisotopic (exact) mass is 249 g/mol. The maximum atomic E-state index is 11.0. The van der Waals surface area contributed by atoms with Crippen LogP contribution in [0.25, 0.3) is 0 Å². The van der Waals surface area contributed by atoms with Gasteiger partial charge in [-0.15, -0.1) is 0 Å². The summed E-state index contributed by atoms with van der Waals surface area (Å²) in [7, 11) is 0. The third-order valence-corrected chi connectivity index (χ3v) is 3.60. The van der Waals surface area contributed by atoms with E-state index < -0.39 is 5.91 Å². The number of nitrogen functional groups attached to an aromatic ring is 1. The minimum absolute atomic E-state index is 0.0873. The van der Waals surface area contributed by atoms with Crippen LogP contribution in [-0.4, -0.2) is 23.2 Å². The first-order chi connectivity index (χ1) is 8.56. The van der Waals surface area contributed by atoms with Gasteiger partial charge in [0.1, 0.15) is 0 Å². The smallest absolute Gasteiger partial charge is 0.248 e. The predicted octanol–water partition coefficient (Wildman–Crippen LogP) is 1.08. The number of aliphatic hydroxyl groups is 1. The molecule has 0 aromatic heterocycles. The fourth-order valence-electron chi connectivity index (χ4n) is 2.49. The normalized spacial score (nSPS) is 17.6. The van der Waals surface area contributed by atoms with Crippen molar-refractivity contribution in [2.45, 2.75) is 31.2 Å². The molecule has 0 spiro atoms. The zero-order valence-electron chi connectivity index (χ0n) is 10.3. The van der Waals surface area contributed by atoms with E-state index in [-0.39, 0.29) is 12.1 Å². The number of benzene rings is 1. The molecule has 5 nitrogen and oxygen atoms in total. The molecule has 0 aliphatic heterocycles. The molecule has 6 N–H and O–H groups in total. The second-order valence-electron chi connectivity index (χ2n) is 4.94. The van der Waals surface area contributed by atoms with Crippen molar-refractivity contribution in [3.63, 3.8) is 0 Å². The summed E-state index contributed by atoms with van der Waals surface area (Å²) in [5.41, 5.74) is 12.4. The van der Waals surface area contributed by atoms with Gasteiger partial charge in [-0.05, 0) is 31.0 Å². The number of hydrogen-bond donors (Lipinski definition) is 4. The lowest BCUT2D eigenvalue weighted by Crippen LogP contribution is -2.39. The summed E-state index contributed by atoms with van der Waals surface area (Å²) in [5.74, 6) is -0.494. The standard InChI is InChI=1S/C13H19N3O2/c14-10-7-9(12(15)18)3-4-11(10)16-13(8-17)5-1-2-6-13/h3-4,7,16-17H,1-2,5-6,8,14H2,(H2,15,18). The first-order valence-corrected chi connectivity index (χ1v) is 6.15. The zero-order chi connectivity index (χ0) is 13.2. The Morgan fingerprint density at radius 3 is 2.56 bits per heavy atom. The van der Waals surface area contributed by atoms with Crippen molar-refractivity contribution in [1.29, 1.82) is 0 Å². The van der Waals surface area contributed by atoms with Gasteiger partial charge in [-0.25, -0.2) is 0 Å². The van der Waals surface area contributed by atoms with E-state index in [4.69, 9.17) is 11.5 Å². The van der Waals surface area contributed by atoms with Gasteiger partial charge < -0.3 is 21.9 Å². The van der Waals surface area contributed by atoms with E-state index in [0.29, 0.717) is 11.3 Å². The number of nitrogens with one attached hydrogen (secondary N) is 1. The molecule has 0 unspecified atom stereocenters. The highest BCUT2D eigenvalue weighted by molar-refractivity contribution is 5.94. The van der Waals surface area contributed by atoms with E-state index in [2.05, 4.69) is 5.32 Å². The van der Waals surface area contributed by atoms with Crippen LogP contribution >= 0.6 is 0 Å². The summed E-state index contributed by atoms with van der Waals surface area (Å²) >= 11 is 0. The Kier molecular flexibility index (Phi) is 3.43. The quantitative estimate of drug-likeness (QED) is 0.600. The Morgan fingerprint density at radius 1 is 1.39 bits per heavy atom. The fraction of sp³-hybridized carbons (Fsp3) is 0.462. The molecule has 98 valence electrons. The highest BCUT2D eigenvalue weighted by atomic mass is 16.3. The van der Waals surface area contributed by atoms with Crippen LogP contribution in [0.3, 0.4) is 0 Å². The number of rotatable bonds is 4. The first-order valence-electron chi connectivity index (χ1n) is 6.15. The molecule has 0 radical (unpaired) electrons. The lowest BCUT2D eigenvalue weighted by molar-refractivity contribution is 0.100. The van der Waals surface area contributed by atoms with Crippen LogP contribution < -0.4 is 16.8 Å². The van der Waals surface area contributed by atoms with Crippen molar-refractivity contribution in [3.8, 4) is 0 Å². The van der Waals surface area contributed by atoms with Crippen LogP contribution in [0.5, 0.6) is 0 Å². The van der Waals surface area contributed by atoms with Gasteiger partial charge in [-0.1, -0.05) is 12.8 Å². The van der Waals surface area contributed by atoms with Crippen molar-refractivity contribution in [3.05, 3.63) is 23.8 Å². The second-order valence-corrected chi connectivity index (χ2v) is 4.94. The molecule has 1 amide bonds. The molecule has 5 heteroatoms. The van der Waals surface area contributed by atoms with Gasteiger partial charge in [0.15, 0.2) is 0 Å². The lowest BCUT2D eigenvalue weighted by atomic mass is 9.98. The van der Waals surface area contributed by atoms with Crippen LogP contribution in [0, 0.1) is 0 Å². The van der Waals surface area contributed by atoms with Crippen LogP contribution in [-0.2, 0) is 0 Å². The van der Waals surface area contributed by atoms with Crippen LogP contribution in [0.2, 0.25) is 0 Å². The minimum Gasteiger partial charge on any atom is -0.397 e. The summed E-state index contributed by atoms with van der Waals surface area (Å²) in [6, 6.07) is 4.94. The molecule has 1 aliphatic carbocycles. The Labute approximate surface area is 106 Å². The number of hydrogen-bond acceptors (Lipinski definition) is 4. The number of carbonyl (C=O) groups is 1. The van der Waals surface area contributed by atoms with Gasteiger partial charge in [-0.3, -0.25) is 4.79 Å². The molecule has 0 saturated heterocycles. The summed E-state index contributed by atoms with van der Waals surface area (Å²) in [6.45, 7) is 0.0873. The SMILES string of the molecule is NC(=O)c1ccc(NC2(CO)CCCC2)c(N)c1. The van der Waals surface area contributed by atoms with Crippen molar-refractivity contribution < 1.29 is 9.90 Å². The van der Waals surface area contributed by atoms with E-state index in [1.165, 1.54) is 0 Å². The third-order valence-electron chi connectivity index (χ3n) is 3.60. The predicted molar refractivity (Wildman–Crippen MR) is 71.3 cm³/mol. The summed E-state index contributed by atoms with van der Waals surface area (Å²) in [6.07, 6.45) is 4.07. The number of primary amides is 1. The van der Waals surface area contributed by atoms with E-state index in [9.17, 15) is 9.90 Å². The second kappa shape index (κ2) is 4.86. The van der Waals surface area contributed by atoms with E-state index in [0.717, 1.165) is 31.4 Å². The molecular weight excluding hydrogens is 230 g/mol. The minimum atomic E-state index is -0.494. The molecule has 18 heavy (non-hydrogen) atoms. The number of amides is 1. The number of nitrogens with two attached hydrogens (primary N) is 2. The molecule has 1 saturated carbocycles. The average molecular weight is 249 g/mol. The van der Waals surface area contributed by atoms with Crippen LogP contribution in [0.4, 0.5) is 11.4 Å². The maximum Gasteiger partial charge on any atom is 0.248 e. The molecule has 1 aromatic carbocycles. The summed E-state index contributed by atoms with van der Waals surface area (Å²) < 4.78 is 0. The van der Waals surface area contributed by atoms with Gasteiger partial charge >= 0.3 is 0 Å². The van der Waals surface area contributed by atoms with Crippen molar-refractivity contribution in [2.75, 3.05) is 17.7 Å². The fourth-order valence-corrected chi connectivity index (χ4v) is 2.49. The van der Waals surface area contributed by atoms with Crippen molar-refractivity contribution >= 4 is 17.3 Å². The van der Waals surface area contributed by atoms with Crippen molar-refractivity contribution in [1.82, 2.24) is 0 Å². The molecule has 0 atom stereocenters. The lowest BCUT2D eigenvalue weighted by Gasteiger charge is -2.30. The third kappa shape index (κ3) is 2.41. The van der Waals surface area contributed by atoms with Crippen LogP contribution in [0.1, 0.15) is 36.0 Å². The molecule has 2 rings (SSSR count). The molecule has 1 aliphatic rings. The Balaban J connectivity index is 2.21. The van der Waals surface area contributed by atoms with Crippen molar-refractivity contribution in [2.24, 2.45) is 5.73 Å². The van der Waals surface area contributed by atoms with Crippen LogP contribution in [0.15, 0.2) is 18.2 Å². The topological polar surface area (TPSA) is 101 Å². The van der Waals surface area contributed by atoms with Gasteiger partial charge in [0, 0.05) is 5.56 Å². The maximum absolute atomic E-state index is 11.0. The number of carbonyl (C=O) groups excluding carboxylic acids is 1. The van der Waals surface area contributed by atoms with Gasteiger partial charge in [0.2, 0.25) is 5.91 Å². The summed E-state index contributed by atoms with van der Waals surface area (Å²) in [5, 5.41) is 12.8. The molecular formula is C13H19N3O2. The molecule has 1 fully saturated rings. The molecule has 0 heterocycles. The van der Waals surface area contributed by atoms with E-state index >= 15 is 0 Å². The van der Waals surface area contributed by atoms with E-state index in [1.54, 1.807) is 18.2 Å². The number of aliphatic hydroxyl groups excluding tert-OH is 1. The highest BCUT2D eigenvalue weighted by Crippen LogP contribution is 2.34. The molecule has 1 aromatic rings. The Morgan fingerprint density at radius 2 is 2.06 bits per heavy atom. The number of anilines is 2. The van der Waals surface area contributed by atoms with Gasteiger partial charge in [-0.2, -0.15) is 0 Å². The summed E-state index contributed by atoms with van der Waals surface area (Å²) in [4.78, 5) is 11.0. The van der Waals surface area contributed by atoms with Gasteiger partial charge in [0.05, 0.1) is 23.5 Å². The van der Waals surface area contributed by atoms with E-state index in [1.807, 2.05) is 0 Å². The molecule has 0 bridgehead atoms. The Bertz CT molecular complexity index is 454. The zero-order valence-corrected chi connectivity index (χ0v) is 10.3. The largest absolute Gasteiger partial charge is 0.397 e.